The number of rotatable bonds is 3. The molecular weight excluding hydrogens is 407 g/mol. The van der Waals surface area contributed by atoms with Gasteiger partial charge in [0.1, 0.15) is 6.10 Å². The van der Waals surface area contributed by atoms with Gasteiger partial charge in [-0.05, 0) is 31.1 Å². The van der Waals surface area contributed by atoms with Gasteiger partial charge in [-0.3, -0.25) is 9.79 Å². The number of nitrogens with one attached hydrogen (secondary N) is 1. The van der Waals surface area contributed by atoms with Gasteiger partial charge < -0.3 is 19.9 Å². The summed E-state index contributed by atoms with van der Waals surface area (Å²) in [4.78, 5) is 20.9. The first-order valence-corrected chi connectivity index (χ1v) is 8.55. The third kappa shape index (κ3) is 4.71. The van der Waals surface area contributed by atoms with Gasteiger partial charge in [-0.1, -0.05) is 6.92 Å². The zero-order valence-corrected chi connectivity index (χ0v) is 16.5. The van der Waals surface area contributed by atoms with Gasteiger partial charge in [0.2, 0.25) is 0 Å². The largest absolute Gasteiger partial charge is 0.368 e. The first-order valence-electron chi connectivity index (χ1n) is 8.55. The number of halogens is 1. The van der Waals surface area contributed by atoms with E-state index in [9.17, 15) is 4.79 Å². The molecule has 7 heteroatoms. The Morgan fingerprint density at radius 1 is 1.26 bits per heavy atom. The fourth-order valence-electron chi connectivity index (χ4n) is 3.35. The monoisotopic (exact) mass is 436 g/mol. The van der Waals surface area contributed by atoms with Crippen LogP contribution < -0.4 is 5.32 Å². The van der Waals surface area contributed by atoms with Crippen molar-refractivity contribution in [1.82, 2.24) is 15.1 Å². The number of nitrogens with zero attached hydrogens (tertiary/aromatic N) is 3. The Morgan fingerprint density at radius 2 is 1.91 bits per heavy atom. The summed E-state index contributed by atoms with van der Waals surface area (Å²) in [5.41, 5.74) is 0. The van der Waals surface area contributed by atoms with Crippen LogP contribution in [0.2, 0.25) is 0 Å². The maximum atomic E-state index is 12.3. The molecule has 6 nitrogen and oxygen atoms in total. The van der Waals surface area contributed by atoms with E-state index in [1.807, 2.05) is 11.9 Å². The molecule has 23 heavy (non-hydrogen) atoms. The second-order valence-corrected chi connectivity index (χ2v) is 6.72. The lowest BCUT2D eigenvalue weighted by Gasteiger charge is -2.37. The zero-order valence-electron chi connectivity index (χ0n) is 14.2. The molecule has 2 saturated heterocycles. The quantitative estimate of drug-likeness (QED) is 0.410. The minimum Gasteiger partial charge on any atom is -0.368 e. The second kappa shape index (κ2) is 8.50. The van der Waals surface area contributed by atoms with E-state index in [-0.39, 0.29) is 36.0 Å². The molecule has 1 amide bonds. The lowest BCUT2D eigenvalue weighted by molar-refractivity contribution is -0.142. The molecule has 1 saturated carbocycles. The Hall–Kier alpha value is -0.570. The highest BCUT2D eigenvalue weighted by Crippen LogP contribution is 2.36. The fraction of sp³-hybridized carbons (Fsp3) is 0.875. The molecule has 2 aliphatic heterocycles. The van der Waals surface area contributed by atoms with Crippen LogP contribution in [-0.4, -0.2) is 74.1 Å². The minimum atomic E-state index is -0.194. The molecule has 3 aliphatic rings. The molecule has 1 aliphatic carbocycles. The summed E-state index contributed by atoms with van der Waals surface area (Å²) < 4.78 is 5.50. The van der Waals surface area contributed by atoms with Crippen molar-refractivity contribution < 1.29 is 9.53 Å². The number of hydrogen-bond acceptors (Lipinski definition) is 3. The van der Waals surface area contributed by atoms with Crippen molar-refractivity contribution in [2.75, 3.05) is 46.4 Å². The summed E-state index contributed by atoms with van der Waals surface area (Å²) in [5.74, 6) is 2.81. The lowest BCUT2D eigenvalue weighted by atomic mass is 10.2. The topological polar surface area (TPSA) is 57.2 Å². The summed E-state index contributed by atoms with van der Waals surface area (Å²) in [6.45, 7) is 7.26. The minimum absolute atomic E-state index is 0. The number of hydrogen-bond donors (Lipinski definition) is 1. The highest BCUT2D eigenvalue weighted by molar-refractivity contribution is 14.0. The number of ether oxygens (including phenoxy) is 1. The van der Waals surface area contributed by atoms with E-state index in [0.717, 1.165) is 70.0 Å². The standard InChI is InChI=1S/C16H28N4O2.HI/c1-12-10-13(12)11-18-16(17-2)20-7-5-19(6-8-20)15(21)14-4-3-9-22-14;/h12-14H,3-11H2,1-2H3,(H,17,18);1H. The van der Waals surface area contributed by atoms with E-state index in [0.29, 0.717) is 0 Å². The van der Waals surface area contributed by atoms with Gasteiger partial charge in [0, 0.05) is 46.4 Å². The van der Waals surface area contributed by atoms with Gasteiger partial charge >= 0.3 is 0 Å². The molecule has 0 aromatic rings. The Balaban J connectivity index is 0.00000192. The van der Waals surface area contributed by atoms with Gasteiger partial charge in [-0.2, -0.15) is 0 Å². The van der Waals surface area contributed by atoms with Crippen LogP contribution in [0.1, 0.15) is 26.2 Å². The summed E-state index contributed by atoms with van der Waals surface area (Å²) in [6, 6.07) is 0. The molecule has 3 atom stereocenters. The van der Waals surface area contributed by atoms with Crippen LogP contribution in [-0.2, 0) is 9.53 Å². The van der Waals surface area contributed by atoms with Crippen molar-refractivity contribution in [3.05, 3.63) is 0 Å². The van der Waals surface area contributed by atoms with E-state index in [1.165, 1.54) is 6.42 Å². The Bertz CT molecular complexity index is 432. The van der Waals surface area contributed by atoms with Crippen molar-refractivity contribution in [3.63, 3.8) is 0 Å². The third-order valence-electron chi connectivity index (χ3n) is 5.11. The van der Waals surface area contributed by atoms with Gasteiger partial charge in [0.25, 0.3) is 5.91 Å². The molecule has 3 rings (SSSR count). The summed E-state index contributed by atoms with van der Waals surface area (Å²) in [7, 11) is 1.84. The SMILES string of the molecule is CN=C(NCC1CC1C)N1CCN(C(=O)C2CCCO2)CC1.I. The van der Waals surface area contributed by atoms with Crippen LogP contribution in [0.5, 0.6) is 0 Å². The summed E-state index contributed by atoms with van der Waals surface area (Å²) in [5, 5.41) is 3.48. The molecule has 0 radical (unpaired) electrons. The zero-order chi connectivity index (χ0) is 15.5. The number of piperazine rings is 1. The molecule has 0 aromatic heterocycles. The Labute approximate surface area is 156 Å². The van der Waals surface area contributed by atoms with Gasteiger partial charge in [-0.15, -0.1) is 24.0 Å². The molecule has 2 heterocycles. The van der Waals surface area contributed by atoms with Crippen LogP contribution in [0.15, 0.2) is 4.99 Å². The molecule has 0 aromatic carbocycles. The highest BCUT2D eigenvalue weighted by Gasteiger charge is 2.33. The predicted molar refractivity (Wildman–Crippen MR) is 101 cm³/mol. The van der Waals surface area contributed by atoms with E-state index in [2.05, 4.69) is 22.1 Å². The number of guanidine groups is 1. The van der Waals surface area contributed by atoms with Crippen LogP contribution in [0, 0.1) is 11.8 Å². The summed E-state index contributed by atoms with van der Waals surface area (Å²) in [6.07, 6.45) is 3.02. The van der Waals surface area contributed by atoms with E-state index < -0.39 is 0 Å². The smallest absolute Gasteiger partial charge is 0.251 e. The van der Waals surface area contributed by atoms with Crippen molar-refractivity contribution in [2.24, 2.45) is 16.8 Å². The number of carbonyl (C=O) groups excluding carboxylic acids is 1. The van der Waals surface area contributed by atoms with Crippen LogP contribution in [0.3, 0.4) is 0 Å². The van der Waals surface area contributed by atoms with E-state index >= 15 is 0 Å². The maximum Gasteiger partial charge on any atom is 0.251 e. The normalized spacial score (nSPS) is 30.9. The average Bonchev–Trinajstić information content (AvgIpc) is 3.03. The van der Waals surface area contributed by atoms with Gasteiger partial charge in [0.15, 0.2) is 5.96 Å². The Morgan fingerprint density at radius 3 is 2.43 bits per heavy atom. The molecule has 0 bridgehead atoms. The predicted octanol–water partition coefficient (Wildman–Crippen LogP) is 1.16. The molecule has 132 valence electrons. The van der Waals surface area contributed by atoms with E-state index in [4.69, 9.17) is 4.74 Å². The second-order valence-electron chi connectivity index (χ2n) is 6.72. The van der Waals surface area contributed by atoms with Crippen LogP contribution in [0.4, 0.5) is 0 Å². The first-order chi connectivity index (χ1) is 10.7. The van der Waals surface area contributed by atoms with Crippen LogP contribution >= 0.6 is 24.0 Å². The fourth-order valence-corrected chi connectivity index (χ4v) is 3.35. The number of aliphatic imine (C=N–C) groups is 1. The molecule has 1 N–H and O–H groups in total. The van der Waals surface area contributed by atoms with Gasteiger partial charge in [-0.25, -0.2) is 0 Å². The van der Waals surface area contributed by atoms with E-state index in [1.54, 1.807) is 0 Å². The maximum absolute atomic E-state index is 12.3. The number of carbonyl (C=O) groups is 1. The average molecular weight is 436 g/mol. The Kier molecular flexibility index (Phi) is 6.94. The van der Waals surface area contributed by atoms with Crippen molar-refractivity contribution in [3.8, 4) is 0 Å². The molecular formula is C16H29IN4O2. The molecule has 0 spiro atoms. The molecule has 3 unspecified atom stereocenters. The first kappa shape index (κ1) is 18.8. The highest BCUT2D eigenvalue weighted by atomic mass is 127. The van der Waals surface area contributed by atoms with Crippen molar-refractivity contribution in [1.29, 1.82) is 0 Å². The lowest BCUT2D eigenvalue weighted by Crippen LogP contribution is -2.55. The number of amides is 1. The van der Waals surface area contributed by atoms with Crippen molar-refractivity contribution in [2.45, 2.75) is 32.3 Å². The van der Waals surface area contributed by atoms with Crippen LogP contribution in [0.25, 0.3) is 0 Å². The van der Waals surface area contributed by atoms with Crippen molar-refractivity contribution >= 4 is 35.8 Å². The molecule has 3 fully saturated rings. The summed E-state index contributed by atoms with van der Waals surface area (Å²) >= 11 is 0. The third-order valence-corrected chi connectivity index (χ3v) is 5.11. The van der Waals surface area contributed by atoms with Gasteiger partial charge in [0.05, 0.1) is 0 Å².